The monoisotopic (exact) mass is 380 g/mol. The molecular formula is C18H28N4O3S. The number of carbonyl (C=O) groups is 1. The van der Waals surface area contributed by atoms with Crippen molar-refractivity contribution >= 4 is 15.9 Å². The predicted molar refractivity (Wildman–Crippen MR) is 98.7 cm³/mol. The molecule has 2 unspecified atom stereocenters. The van der Waals surface area contributed by atoms with Crippen LogP contribution in [0, 0.1) is 5.92 Å². The average Bonchev–Trinajstić information content (AvgIpc) is 2.68. The zero-order valence-corrected chi connectivity index (χ0v) is 16.1. The van der Waals surface area contributed by atoms with Crippen LogP contribution in [0.2, 0.25) is 0 Å². The maximum Gasteiger partial charge on any atom is 0.244 e. The van der Waals surface area contributed by atoms with E-state index in [1.165, 1.54) is 10.5 Å². The molecule has 144 valence electrons. The van der Waals surface area contributed by atoms with E-state index in [0.717, 1.165) is 25.8 Å². The molecule has 2 aliphatic heterocycles. The molecule has 1 amide bonds. The summed E-state index contributed by atoms with van der Waals surface area (Å²) in [5.74, 6) is 0.0279. The Morgan fingerprint density at radius 2 is 1.96 bits per heavy atom. The molecule has 0 bridgehead atoms. The van der Waals surface area contributed by atoms with E-state index in [-0.39, 0.29) is 28.8 Å². The number of nitrogens with zero attached hydrogens (tertiary/aromatic N) is 3. The fraction of sp³-hybridized carbons (Fsp3) is 0.667. The number of sulfonamides is 1. The third-order valence-corrected chi connectivity index (χ3v) is 7.40. The van der Waals surface area contributed by atoms with Crippen LogP contribution in [-0.2, 0) is 14.8 Å². The van der Waals surface area contributed by atoms with Crippen LogP contribution in [0.4, 0.5) is 0 Å². The van der Waals surface area contributed by atoms with E-state index in [9.17, 15) is 13.2 Å². The van der Waals surface area contributed by atoms with Crippen LogP contribution in [0.5, 0.6) is 0 Å². The summed E-state index contributed by atoms with van der Waals surface area (Å²) >= 11 is 0. The molecule has 0 radical (unpaired) electrons. The summed E-state index contributed by atoms with van der Waals surface area (Å²) in [4.78, 5) is 19.0. The van der Waals surface area contributed by atoms with Crippen molar-refractivity contribution in [2.75, 3.05) is 19.6 Å². The molecule has 0 aromatic carbocycles. The Morgan fingerprint density at radius 1 is 1.23 bits per heavy atom. The standard InChI is InChI=1S/C18H28N4O3S/c1-14(19)17-6-2-3-10-22(17)18(23)15-7-11-21(12-8-15)26(24,25)16-5-4-9-20-13-16/h4-5,9,13-15,17H,2-3,6-8,10-12,19H2,1H3. The summed E-state index contributed by atoms with van der Waals surface area (Å²) in [7, 11) is -3.53. The Bertz CT molecular complexity index is 715. The number of amides is 1. The van der Waals surface area contributed by atoms with Gasteiger partial charge in [-0.25, -0.2) is 8.42 Å². The van der Waals surface area contributed by atoms with E-state index in [0.29, 0.717) is 25.9 Å². The molecule has 0 saturated carbocycles. The number of rotatable bonds is 4. The van der Waals surface area contributed by atoms with E-state index >= 15 is 0 Å². The van der Waals surface area contributed by atoms with Gasteiger partial charge in [0.1, 0.15) is 4.90 Å². The SMILES string of the molecule is CC(N)C1CCCCN1C(=O)C1CCN(S(=O)(=O)c2cccnc2)CC1. The Labute approximate surface area is 155 Å². The highest BCUT2D eigenvalue weighted by molar-refractivity contribution is 7.89. The lowest BCUT2D eigenvalue weighted by Crippen LogP contribution is -2.54. The number of carbonyl (C=O) groups excluding carboxylic acids is 1. The maximum absolute atomic E-state index is 13.0. The predicted octanol–water partition coefficient (Wildman–Crippen LogP) is 1.21. The number of hydrogen-bond acceptors (Lipinski definition) is 5. The first-order chi connectivity index (χ1) is 12.4. The molecule has 1 aromatic rings. The Kier molecular flexibility index (Phi) is 5.94. The lowest BCUT2D eigenvalue weighted by Gasteiger charge is -2.41. The normalized spacial score (nSPS) is 24.4. The molecule has 3 rings (SSSR count). The van der Waals surface area contributed by atoms with E-state index in [2.05, 4.69) is 4.98 Å². The molecule has 2 aliphatic rings. The Hall–Kier alpha value is -1.51. The first-order valence-corrected chi connectivity index (χ1v) is 10.8. The minimum absolute atomic E-state index is 0.0368. The average molecular weight is 381 g/mol. The summed E-state index contributed by atoms with van der Waals surface area (Å²) in [6.45, 7) is 3.45. The first kappa shape index (κ1) is 19.3. The second-order valence-electron chi connectivity index (χ2n) is 7.32. The quantitative estimate of drug-likeness (QED) is 0.847. The van der Waals surface area contributed by atoms with Gasteiger partial charge < -0.3 is 10.6 Å². The van der Waals surface area contributed by atoms with Crippen molar-refractivity contribution in [3.05, 3.63) is 24.5 Å². The molecule has 2 N–H and O–H groups in total. The van der Waals surface area contributed by atoms with Gasteiger partial charge >= 0.3 is 0 Å². The largest absolute Gasteiger partial charge is 0.338 e. The number of likely N-dealkylation sites (tertiary alicyclic amines) is 1. The summed E-state index contributed by atoms with van der Waals surface area (Å²) in [6, 6.07) is 3.24. The molecule has 0 aliphatic carbocycles. The highest BCUT2D eigenvalue weighted by Crippen LogP contribution is 2.28. The summed E-state index contributed by atoms with van der Waals surface area (Å²) in [6.07, 6.45) is 7.12. The van der Waals surface area contributed by atoms with Gasteiger partial charge in [-0.05, 0) is 51.2 Å². The lowest BCUT2D eigenvalue weighted by atomic mass is 9.91. The maximum atomic E-state index is 13.0. The Balaban J connectivity index is 1.64. The summed E-state index contributed by atoms with van der Waals surface area (Å²) in [5, 5.41) is 0. The van der Waals surface area contributed by atoms with E-state index in [1.807, 2.05) is 11.8 Å². The molecule has 1 aromatic heterocycles. The number of pyridine rings is 1. The van der Waals surface area contributed by atoms with Gasteiger partial charge in [0.05, 0.1) is 0 Å². The van der Waals surface area contributed by atoms with Crippen LogP contribution < -0.4 is 5.73 Å². The topological polar surface area (TPSA) is 96.6 Å². The van der Waals surface area contributed by atoms with Crippen molar-refractivity contribution in [1.29, 1.82) is 0 Å². The van der Waals surface area contributed by atoms with Crippen molar-refractivity contribution < 1.29 is 13.2 Å². The zero-order valence-electron chi connectivity index (χ0n) is 15.3. The smallest absolute Gasteiger partial charge is 0.244 e. The first-order valence-electron chi connectivity index (χ1n) is 9.37. The van der Waals surface area contributed by atoms with Gasteiger partial charge in [0.25, 0.3) is 0 Å². The minimum Gasteiger partial charge on any atom is -0.338 e. The molecule has 3 heterocycles. The van der Waals surface area contributed by atoms with Crippen molar-refractivity contribution in [3.8, 4) is 0 Å². The zero-order chi connectivity index (χ0) is 18.7. The fourth-order valence-corrected chi connectivity index (χ4v) is 5.44. The van der Waals surface area contributed by atoms with Crippen molar-refractivity contribution in [2.24, 2.45) is 11.7 Å². The number of aromatic nitrogens is 1. The van der Waals surface area contributed by atoms with E-state index in [1.54, 1.807) is 18.3 Å². The van der Waals surface area contributed by atoms with Gasteiger partial charge in [0.2, 0.25) is 15.9 Å². The molecule has 7 nitrogen and oxygen atoms in total. The Morgan fingerprint density at radius 3 is 2.58 bits per heavy atom. The minimum atomic E-state index is -3.53. The summed E-state index contributed by atoms with van der Waals surface area (Å²) in [5.41, 5.74) is 6.08. The van der Waals surface area contributed by atoms with Crippen LogP contribution in [0.15, 0.2) is 29.4 Å². The van der Waals surface area contributed by atoms with Crippen LogP contribution in [0.3, 0.4) is 0 Å². The number of piperidine rings is 2. The van der Waals surface area contributed by atoms with Gasteiger partial charge in [-0.15, -0.1) is 0 Å². The molecular weight excluding hydrogens is 352 g/mol. The van der Waals surface area contributed by atoms with Crippen LogP contribution in [0.1, 0.15) is 39.0 Å². The van der Waals surface area contributed by atoms with Crippen LogP contribution in [-0.4, -0.2) is 60.2 Å². The highest BCUT2D eigenvalue weighted by Gasteiger charge is 2.37. The molecule has 8 heteroatoms. The third kappa shape index (κ3) is 3.92. The number of hydrogen-bond donors (Lipinski definition) is 1. The lowest BCUT2D eigenvalue weighted by molar-refractivity contribution is -0.141. The van der Waals surface area contributed by atoms with Gasteiger partial charge in [-0.2, -0.15) is 4.31 Å². The van der Waals surface area contributed by atoms with Crippen molar-refractivity contribution in [1.82, 2.24) is 14.2 Å². The van der Waals surface area contributed by atoms with Gasteiger partial charge in [0.15, 0.2) is 0 Å². The van der Waals surface area contributed by atoms with Crippen LogP contribution in [0.25, 0.3) is 0 Å². The molecule has 2 saturated heterocycles. The second kappa shape index (κ2) is 8.02. The summed E-state index contributed by atoms with van der Waals surface area (Å²) < 4.78 is 26.8. The molecule has 0 spiro atoms. The second-order valence-corrected chi connectivity index (χ2v) is 9.26. The van der Waals surface area contributed by atoms with E-state index < -0.39 is 10.0 Å². The van der Waals surface area contributed by atoms with Crippen LogP contribution >= 0.6 is 0 Å². The van der Waals surface area contributed by atoms with Crippen molar-refractivity contribution in [3.63, 3.8) is 0 Å². The van der Waals surface area contributed by atoms with E-state index in [4.69, 9.17) is 5.73 Å². The van der Waals surface area contributed by atoms with Gasteiger partial charge in [0, 0.05) is 50.0 Å². The third-order valence-electron chi connectivity index (χ3n) is 5.51. The van der Waals surface area contributed by atoms with Gasteiger partial charge in [-0.1, -0.05) is 0 Å². The number of nitrogens with two attached hydrogens (primary N) is 1. The molecule has 2 fully saturated rings. The highest BCUT2D eigenvalue weighted by atomic mass is 32.2. The van der Waals surface area contributed by atoms with Crippen molar-refractivity contribution in [2.45, 2.75) is 56.0 Å². The van der Waals surface area contributed by atoms with Gasteiger partial charge in [-0.3, -0.25) is 9.78 Å². The fourth-order valence-electron chi connectivity index (χ4n) is 4.00. The molecule has 2 atom stereocenters. The molecule has 26 heavy (non-hydrogen) atoms.